The predicted molar refractivity (Wildman–Crippen MR) is 103 cm³/mol. The molecule has 0 radical (unpaired) electrons. The molecule has 3 amide bonds. The van der Waals surface area contributed by atoms with E-state index >= 15 is 0 Å². The predicted octanol–water partition coefficient (Wildman–Crippen LogP) is 3.57. The summed E-state index contributed by atoms with van der Waals surface area (Å²) in [7, 11) is 1.71. The van der Waals surface area contributed by atoms with E-state index in [9.17, 15) is 9.59 Å². The first-order valence-corrected chi connectivity index (χ1v) is 10.1. The Morgan fingerprint density at radius 3 is 2.19 bits per heavy atom. The summed E-state index contributed by atoms with van der Waals surface area (Å²) >= 11 is 12.0. The SMILES string of the molecule is Cn1c(C(=O)NC2CCN(C(=O)NC3CCCCC3)CC2)cc(Cl)c1Cl. The normalized spacial score (nSPS) is 19.4. The minimum atomic E-state index is -0.189. The maximum absolute atomic E-state index is 12.4. The Hall–Kier alpha value is -1.40. The average Bonchev–Trinajstić information content (AvgIpc) is 2.90. The zero-order chi connectivity index (χ0) is 18.7. The molecule has 1 aliphatic carbocycles. The van der Waals surface area contributed by atoms with Crippen LogP contribution in [0.25, 0.3) is 0 Å². The number of amides is 3. The van der Waals surface area contributed by atoms with Crippen LogP contribution in [-0.2, 0) is 7.05 Å². The molecule has 26 heavy (non-hydrogen) atoms. The maximum atomic E-state index is 12.4. The van der Waals surface area contributed by atoms with Crippen molar-refractivity contribution >= 4 is 35.1 Å². The second-order valence-corrected chi connectivity index (χ2v) is 8.01. The first-order chi connectivity index (χ1) is 12.5. The smallest absolute Gasteiger partial charge is 0.317 e. The van der Waals surface area contributed by atoms with Crippen molar-refractivity contribution < 1.29 is 9.59 Å². The molecule has 2 fully saturated rings. The van der Waals surface area contributed by atoms with Crippen LogP contribution in [0, 0.1) is 0 Å². The van der Waals surface area contributed by atoms with Crippen molar-refractivity contribution in [2.24, 2.45) is 7.05 Å². The van der Waals surface area contributed by atoms with E-state index in [2.05, 4.69) is 10.6 Å². The largest absolute Gasteiger partial charge is 0.348 e. The number of carbonyl (C=O) groups is 2. The van der Waals surface area contributed by atoms with Gasteiger partial charge < -0.3 is 20.1 Å². The van der Waals surface area contributed by atoms with E-state index in [1.807, 2.05) is 4.90 Å². The highest BCUT2D eigenvalue weighted by Gasteiger charge is 2.26. The molecular formula is C18H26Cl2N4O2. The molecule has 2 heterocycles. The number of hydrogen-bond acceptors (Lipinski definition) is 2. The van der Waals surface area contributed by atoms with Gasteiger partial charge in [-0.05, 0) is 31.7 Å². The van der Waals surface area contributed by atoms with E-state index in [-0.39, 0.29) is 18.0 Å². The van der Waals surface area contributed by atoms with Crippen LogP contribution in [0.3, 0.4) is 0 Å². The molecule has 6 nitrogen and oxygen atoms in total. The molecule has 144 valence electrons. The summed E-state index contributed by atoms with van der Waals surface area (Å²) in [4.78, 5) is 26.7. The van der Waals surface area contributed by atoms with Crippen molar-refractivity contribution in [2.45, 2.75) is 57.0 Å². The minimum absolute atomic E-state index is 0.0303. The molecule has 0 unspecified atom stereocenters. The Bertz CT molecular complexity index is 662. The highest BCUT2D eigenvalue weighted by molar-refractivity contribution is 6.41. The lowest BCUT2D eigenvalue weighted by atomic mass is 9.95. The molecule has 1 aromatic rings. The minimum Gasteiger partial charge on any atom is -0.348 e. The van der Waals surface area contributed by atoms with Crippen LogP contribution in [0.15, 0.2) is 6.07 Å². The summed E-state index contributed by atoms with van der Waals surface area (Å²) in [5.41, 5.74) is 0.442. The summed E-state index contributed by atoms with van der Waals surface area (Å²) in [5, 5.41) is 6.90. The third-order valence-electron chi connectivity index (χ3n) is 5.40. The van der Waals surface area contributed by atoms with Gasteiger partial charge in [-0.1, -0.05) is 42.5 Å². The lowest BCUT2D eigenvalue weighted by molar-refractivity contribution is 0.0909. The van der Waals surface area contributed by atoms with Crippen molar-refractivity contribution in [3.8, 4) is 0 Å². The lowest BCUT2D eigenvalue weighted by Crippen LogP contribution is -2.51. The Kier molecular flexibility index (Phi) is 6.35. The van der Waals surface area contributed by atoms with E-state index < -0.39 is 0 Å². The first kappa shape index (κ1) is 19.4. The van der Waals surface area contributed by atoms with Gasteiger partial charge in [-0.2, -0.15) is 0 Å². The number of nitrogens with one attached hydrogen (secondary N) is 2. The lowest BCUT2D eigenvalue weighted by Gasteiger charge is -2.34. The van der Waals surface area contributed by atoms with Crippen LogP contribution in [0.2, 0.25) is 10.2 Å². The number of nitrogens with zero attached hydrogens (tertiary/aromatic N) is 2. The average molecular weight is 401 g/mol. The van der Waals surface area contributed by atoms with E-state index in [0.717, 1.165) is 25.7 Å². The van der Waals surface area contributed by atoms with E-state index in [4.69, 9.17) is 23.2 Å². The number of likely N-dealkylation sites (tertiary alicyclic amines) is 1. The Morgan fingerprint density at radius 1 is 1.00 bits per heavy atom. The second-order valence-electron chi connectivity index (χ2n) is 7.25. The van der Waals surface area contributed by atoms with Crippen LogP contribution < -0.4 is 10.6 Å². The van der Waals surface area contributed by atoms with Crippen molar-refractivity contribution in [2.75, 3.05) is 13.1 Å². The molecule has 1 aromatic heterocycles. The molecule has 1 aliphatic heterocycles. The summed E-state index contributed by atoms with van der Waals surface area (Å²) in [6.07, 6.45) is 7.33. The van der Waals surface area contributed by atoms with Crippen LogP contribution in [0.5, 0.6) is 0 Å². The second kappa shape index (κ2) is 8.53. The fraction of sp³-hybridized carbons (Fsp3) is 0.667. The summed E-state index contributed by atoms with van der Waals surface area (Å²) in [6, 6.07) is 1.98. The zero-order valence-corrected chi connectivity index (χ0v) is 16.6. The Balaban J connectivity index is 1.46. The van der Waals surface area contributed by atoms with Gasteiger partial charge in [0, 0.05) is 32.2 Å². The molecule has 0 atom stereocenters. The summed E-state index contributed by atoms with van der Waals surface area (Å²) in [6.45, 7) is 1.30. The van der Waals surface area contributed by atoms with Gasteiger partial charge in [0.2, 0.25) is 0 Å². The molecule has 2 aliphatic rings. The van der Waals surface area contributed by atoms with Crippen molar-refractivity contribution in [1.82, 2.24) is 20.1 Å². The summed E-state index contributed by atoms with van der Waals surface area (Å²) < 4.78 is 1.58. The van der Waals surface area contributed by atoms with Gasteiger partial charge in [-0.15, -0.1) is 0 Å². The molecule has 0 bridgehead atoms. The molecule has 1 saturated carbocycles. The number of halogens is 2. The molecule has 1 saturated heterocycles. The van der Waals surface area contributed by atoms with Gasteiger partial charge in [0.25, 0.3) is 5.91 Å². The van der Waals surface area contributed by atoms with Crippen LogP contribution in [0.4, 0.5) is 4.79 Å². The number of rotatable bonds is 3. The maximum Gasteiger partial charge on any atom is 0.317 e. The number of carbonyl (C=O) groups excluding carboxylic acids is 2. The van der Waals surface area contributed by atoms with Crippen molar-refractivity contribution in [1.29, 1.82) is 0 Å². The first-order valence-electron chi connectivity index (χ1n) is 9.32. The van der Waals surface area contributed by atoms with Crippen LogP contribution in [0.1, 0.15) is 55.4 Å². The molecule has 8 heteroatoms. The third kappa shape index (κ3) is 4.46. The van der Waals surface area contributed by atoms with E-state index in [1.165, 1.54) is 19.3 Å². The highest BCUT2D eigenvalue weighted by atomic mass is 35.5. The fourth-order valence-electron chi connectivity index (χ4n) is 3.76. The van der Waals surface area contributed by atoms with Gasteiger partial charge in [0.15, 0.2) is 0 Å². The molecule has 0 aromatic carbocycles. The monoisotopic (exact) mass is 400 g/mol. The third-order valence-corrected chi connectivity index (χ3v) is 6.24. The van der Waals surface area contributed by atoms with Gasteiger partial charge in [-0.25, -0.2) is 4.79 Å². The van der Waals surface area contributed by atoms with Crippen LogP contribution >= 0.6 is 23.2 Å². The molecule has 0 spiro atoms. The quantitative estimate of drug-likeness (QED) is 0.813. The fourth-order valence-corrected chi connectivity index (χ4v) is 4.14. The molecular weight excluding hydrogens is 375 g/mol. The van der Waals surface area contributed by atoms with E-state index in [0.29, 0.717) is 35.0 Å². The number of hydrogen-bond donors (Lipinski definition) is 2. The number of piperidine rings is 1. The van der Waals surface area contributed by atoms with Gasteiger partial charge in [0.05, 0.1) is 5.02 Å². The zero-order valence-electron chi connectivity index (χ0n) is 15.1. The van der Waals surface area contributed by atoms with Crippen molar-refractivity contribution in [3.63, 3.8) is 0 Å². The Morgan fingerprint density at radius 2 is 1.62 bits per heavy atom. The molecule has 3 rings (SSSR count). The molecule has 2 N–H and O–H groups in total. The van der Waals surface area contributed by atoms with Gasteiger partial charge >= 0.3 is 6.03 Å². The van der Waals surface area contributed by atoms with Gasteiger partial charge in [-0.3, -0.25) is 4.79 Å². The topological polar surface area (TPSA) is 66.4 Å². The highest BCUT2D eigenvalue weighted by Crippen LogP contribution is 2.25. The van der Waals surface area contributed by atoms with Gasteiger partial charge in [0.1, 0.15) is 10.8 Å². The van der Waals surface area contributed by atoms with Crippen molar-refractivity contribution in [3.05, 3.63) is 21.9 Å². The number of aromatic nitrogens is 1. The standard InChI is InChI=1S/C18H26Cl2N4O2/c1-23-15(11-14(19)16(23)20)17(25)21-13-7-9-24(10-8-13)18(26)22-12-5-3-2-4-6-12/h11-13H,2-10H2,1H3,(H,21,25)(H,22,26). The van der Waals surface area contributed by atoms with Crippen LogP contribution in [-0.4, -0.2) is 46.6 Å². The summed E-state index contributed by atoms with van der Waals surface area (Å²) in [5.74, 6) is -0.189. The Labute approximate surface area is 164 Å². The van der Waals surface area contributed by atoms with E-state index in [1.54, 1.807) is 17.7 Å². The number of urea groups is 1.